The third kappa shape index (κ3) is 3.09. The molecule has 1 aromatic rings. The Morgan fingerprint density at radius 2 is 1.94 bits per heavy atom. The second-order valence-corrected chi connectivity index (χ2v) is 4.79. The van der Waals surface area contributed by atoms with Gasteiger partial charge in [0.15, 0.2) is 0 Å². The zero-order valence-electron chi connectivity index (χ0n) is 10.5. The first kappa shape index (κ1) is 12.8. The van der Waals surface area contributed by atoms with Gasteiger partial charge in [-0.3, -0.25) is 4.79 Å². The molecule has 0 saturated heterocycles. The number of benzene rings is 1. The first-order valence-corrected chi connectivity index (χ1v) is 5.75. The summed E-state index contributed by atoms with van der Waals surface area (Å²) in [6.07, 6.45) is 1.83. The molecule has 0 atom stereocenters. The van der Waals surface area contributed by atoms with E-state index in [9.17, 15) is 4.79 Å². The molecule has 0 radical (unpaired) electrons. The largest absolute Gasteiger partial charge is 0.426 e. The quantitative estimate of drug-likeness (QED) is 0.571. The van der Waals surface area contributed by atoms with Gasteiger partial charge in [-0.15, -0.1) is 0 Å². The summed E-state index contributed by atoms with van der Waals surface area (Å²) in [5.41, 5.74) is 0.583. The Bertz CT molecular complexity index is 367. The smallest absolute Gasteiger partial charge is 0.316 e. The normalized spacial score (nSPS) is 11.2. The predicted octanol–water partition coefficient (Wildman–Crippen LogP) is 3.73. The molecule has 0 aromatic heterocycles. The van der Waals surface area contributed by atoms with Gasteiger partial charge in [0.25, 0.3) is 0 Å². The maximum Gasteiger partial charge on any atom is 0.316 e. The van der Waals surface area contributed by atoms with E-state index in [0.29, 0.717) is 5.75 Å². The fourth-order valence-corrected chi connectivity index (χ4v) is 1.64. The Labute approximate surface area is 97.6 Å². The van der Waals surface area contributed by atoms with E-state index < -0.39 is 5.41 Å². The highest BCUT2D eigenvalue weighted by Crippen LogP contribution is 2.26. The Hall–Kier alpha value is -1.31. The van der Waals surface area contributed by atoms with Gasteiger partial charge in [-0.2, -0.15) is 0 Å². The molecule has 0 unspecified atom stereocenters. The number of carbonyl (C=O) groups excluding carboxylic acids is 1. The fraction of sp³-hybridized carbons (Fsp3) is 0.500. The van der Waals surface area contributed by atoms with Gasteiger partial charge in [-0.1, -0.05) is 31.5 Å². The molecule has 0 aliphatic heterocycles. The molecule has 0 N–H and O–H groups in total. The van der Waals surface area contributed by atoms with Crippen LogP contribution in [0.1, 0.15) is 39.2 Å². The van der Waals surface area contributed by atoms with Crippen LogP contribution in [-0.2, 0) is 4.79 Å². The molecule has 1 aromatic carbocycles. The topological polar surface area (TPSA) is 26.3 Å². The lowest BCUT2D eigenvalue weighted by Crippen LogP contribution is -2.29. The van der Waals surface area contributed by atoms with Gasteiger partial charge < -0.3 is 4.74 Å². The Morgan fingerprint density at radius 1 is 1.31 bits per heavy atom. The van der Waals surface area contributed by atoms with E-state index in [1.165, 1.54) is 0 Å². The number of aryl methyl sites for hydroxylation is 1. The molecule has 1 rings (SSSR count). The zero-order valence-corrected chi connectivity index (χ0v) is 10.5. The molecule has 0 saturated carbocycles. The molecule has 2 nitrogen and oxygen atoms in total. The monoisotopic (exact) mass is 220 g/mol. The number of para-hydroxylation sites is 1. The van der Waals surface area contributed by atoms with Crippen molar-refractivity contribution in [1.29, 1.82) is 0 Å². The van der Waals surface area contributed by atoms with Crippen LogP contribution < -0.4 is 4.74 Å². The fourth-order valence-electron chi connectivity index (χ4n) is 1.64. The second-order valence-electron chi connectivity index (χ2n) is 4.79. The lowest BCUT2D eigenvalue weighted by Gasteiger charge is -2.21. The first-order valence-electron chi connectivity index (χ1n) is 5.75. The van der Waals surface area contributed by atoms with E-state index in [0.717, 1.165) is 18.4 Å². The maximum absolute atomic E-state index is 12.0. The van der Waals surface area contributed by atoms with Crippen LogP contribution in [0.25, 0.3) is 0 Å². The van der Waals surface area contributed by atoms with Crippen LogP contribution in [0, 0.1) is 12.3 Å². The summed E-state index contributed by atoms with van der Waals surface area (Å²) in [5, 5.41) is 0. The second kappa shape index (κ2) is 5.15. The average molecular weight is 220 g/mol. The van der Waals surface area contributed by atoms with E-state index in [1.807, 2.05) is 45.0 Å². The van der Waals surface area contributed by atoms with Crippen molar-refractivity contribution in [2.45, 2.75) is 40.5 Å². The van der Waals surface area contributed by atoms with Gasteiger partial charge in [0, 0.05) is 0 Å². The number of esters is 1. The van der Waals surface area contributed by atoms with Gasteiger partial charge in [0.1, 0.15) is 5.75 Å². The van der Waals surface area contributed by atoms with Crippen molar-refractivity contribution in [2.75, 3.05) is 0 Å². The highest BCUT2D eigenvalue weighted by Gasteiger charge is 2.28. The van der Waals surface area contributed by atoms with Gasteiger partial charge in [0.05, 0.1) is 5.41 Å². The van der Waals surface area contributed by atoms with Crippen molar-refractivity contribution in [3.8, 4) is 5.75 Å². The minimum Gasteiger partial charge on any atom is -0.426 e. The van der Waals surface area contributed by atoms with Crippen molar-refractivity contribution >= 4 is 5.97 Å². The molecule has 0 fully saturated rings. The minimum absolute atomic E-state index is 0.149. The molecular weight excluding hydrogens is 200 g/mol. The summed E-state index contributed by atoms with van der Waals surface area (Å²) in [6.45, 7) is 7.87. The molecule has 0 aliphatic carbocycles. The number of hydrogen-bond donors (Lipinski definition) is 0. The van der Waals surface area contributed by atoms with Gasteiger partial charge in [-0.25, -0.2) is 0 Å². The minimum atomic E-state index is -0.406. The zero-order chi connectivity index (χ0) is 12.2. The highest BCUT2D eigenvalue weighted by molar-refractivity contribution is 5.78. The SMILES string of the molecule is CCCC(C)(C)C(=O)Oc1ccccc1C. The van der Waals surface area contributed by atoms with Crippen LogP contribution in [0.4, 0.5) is 0 Å². The van der Waals surface area contributed by atoms with Crippen molar-refractivity contribution in [3.05, 3.63) is 29.8 Å². The highest BCUT2D eigenvalue weighted by atomic mass is 16.5. The van der Waals surface area contributed by atoms with Crippen molar-refractivity contribution in [3.63, 3.8) is 0 Å². The van der Waals surface area contributed by atoms with Crippen LogP contribution in [0.5, 0.6) is 5.75 Å². The molecule has 88 valence electrons. The molecule has 0 amide bonds. The molecule has 2 heteroatoms. The summed E-state index contributed by atoms with van der Waals surface area (Å²) in [6, 6.07) is 7.58. The Kier molecular flexibility index (Phi) is 4.11. The molecule has 16 heavy (non-hydrogen) atoms. The summed E-state index contributed by atoms with van der Waals surface area (Å²) in [4.78, 5) is 12.0. The Balaban J connectivity index is 2.75. The average Bonchev–Trinajstić information content (AvgIpc) is 2.21. The summed E-state index contributed by atoms with van der Waals surface area (Å²) >= 11 is 0. The van der Waals surface area contributed by atoms with E-state index in [1.54, 1.807) is 0 Å². The number of rotatable bonds is 4. The Morgan fingerprint density at radius 3 is 2.50 bits per heavy atom. The van der Waals surface area contributed by atoms with Crippen LogP contribution in [-0.4, -0.2) is 5.97 Å². The predicted molar refractivity (Wildman–Crippen MR) is 65.5 cm³/mol. The van der Waals surface area contributed by atoms with Crippen LogP contribution in [0.2, 0.25) is 0 Å². The van der Waals surface area contributed by atoms with E-state index in [-0.39, 0.29) is 5.97 Å². The number of carbonyl (C=O) groups is 1. The third-order valence-electron chi connectivity index (χ3n) is 2.72. The van der Waals surface area contributed by atoms with Crippen molar-refractivity contribution in [1.82, 2.24) is 0 Å². The molecule has 0 spiro atoms. The summed E-state index contributed by atoms with van der Waals surface area (Å²) < 4.78 is 5.42. The molecule has 0 aliphatic rings. The molecule has 0 heterocycles. The van der Waals surface area contributed by atoms with E-state index in [2.05, 4.69) is 6.92 Å². The number of hydrogen-bond acceptors (Lipinski definition) is 2. The lowest BCUT2D eigenvalue weighted by atomic mass is 9.88. The van der Waals surface area contributed by atoms with E-state index in [4.69, 9.17) is 4.74 Å². The maximum atomic E-state index is 12.0. The van der Waals surface area contributed by atoms with Gasteiger partial charge >= 0.3 is 5.97 Å². The van der Waals surface area contributed by atoms with Crippen LogP contribution in [0.3, 0.4) is 0 Å². The lowest BCUT2D eigenvalue weighted by molar-refractivity contribution is -0.144. The van der Waals surface area contributed by atoms with Crippen molar-refractivity contribution in [2.24, 2.45) is 5.41 Å². The third-order valence-corrected chi connectivity index (χ3v) is 2.72. The van der Waals surface area contributed by atoms with Crippen molar-refractivity contribution < 1.29 is 9.53 Å². The summed E-state index contributed by atoms with van der Waals surface area (Å²) in [5.74, 6) is 0.514. The number of ether oxygens (including phenoxy) is 1. The molecule has 0 bridgehead atoms. The molecular formula is C14H20O2. The van der Waals surface area contributed by atoms with Crippen LogP contribution >= 0.6 is 0 Å². The van der Waals surface area contributed by atoms with E-state index >= 15 is 0 Å². The summed E-state index contributed by atoms with van der Waals surface area (Å²) in [7, 11) is 0. The standard InChI is InChI=1S/C14H20O2/c1-5-10-14(3,4)13(15)16-12-9-7-6-8-11(12)2/h6-9H,5,10H2,1-4H3. The van der Waals surface area contributed by atoms with Gasteiger partial charge in [0.2, 0.25) is 0 Å². The first-order chi connectivity index (χ1) is 7.47. The van der Waals surface area contributed by atoms with Crippen LogP contribution in [0.15, 0.2) is 24.3 Å². The van der Waals surface area contributed by atoms with Gasteiger partial charge in [-0.05, 0) is 38.8 Å².